The fraction of sp³-hybridized carbons (Fsp3) is 0.288. The lowest BCUT2D eigenvalue weighted by Gasteiger charge is -2.48. The molecule has 0 saturated carbocycles. The van der Waals surface area contributed by atoms with Crippen LogP contribution in [-0.4, -0.2) is 6.71 Å². The molecule has 0 amide bonds. The molecule has 0 unspecified atom stereocenters. The van der Waals surface area contributed by atoms with E-state index in [1.165, 1.54) is 126 Å². The van der Waals surface area contributed by atoms with Gasteiger partial charge in [0.2, 0.25) is 0 Å². The highest BCUT2D eigenvalue weighted by molar-refractivity contribution is 7.00. The van der Waals surface area contributed by atoms with Gasteiger partial charge in [0.25, 0.3) is 6.71 Å². The van der Waals surface area contributed by atoms with E-state index in [9.17, 15) is 0 Å². The van der Waals surface area contributed by atoms with Crippen LogP contribution in [0.4, 0.5) is 34.1 Å². The van der Waals surface area contributed by atoms with Gasteiger partial charge in [0.05, 0.1) is 0 Å². The van der Waals surface area contributed by atoms with Crippen molar-refractivity contribution in [1.82, 2.24) is 0 Å². The average Bonchev–Trinajstić information content (AvgIpc) is 3.26. The third-order valence-electron chi connectivity index (χ3n) is 15.6. The zero-order chi connectivity index (χ0) is 42.9. The Bertz CT molecular complexity index is 2940. The first-order valence-electron chi connectivity index (χ1n) is 23.1. The van der Waals surface area contributed by atoms with Gasteiger partial charge in [0, 0.05) is 34.1 Å². The Morgan fingerprint density at radius 1 is 0.371 bits per heavy atom. The second kappa shape index (κ2) is 13.6. The molecule has 2 heterocycles. The van der Waals surface area contributed by atoms with Gasteiger partial charge in [0.1, 0.15) is 0 Å². The summed E-state index contributed by atoms with van der Waals surface area (Å²) in [6, 6.07) is 56.0. The molecule has 0 aromatic heterocycles. The van der Waals surface area contributed by atoms with E-state index in [4.69, 9.17) is 0 Å². The molecule has 11 rings (SSSR count). The zero-order valence-electron chi connectivity index (χ0n) is 38.2. The third-order valence-corrected chi connectivity index (χ3v) is 15.6. The highest BCUT2D eigenvalue weighted by Crippen LogP contribution is 2.53. The molecule has 308 valence electrons. The summed E-state index contributed by atoms with van der Waals surface area (Å²) in [5.74, 6) is 0. The number of benzene rings is 7. The molecule has 4 aliphatic rings. The summed E-state index contributed by atoms with van der Waals surface area (Å²) in [6.07, 6.45) is 4.75. The molecule has 0 bridgehead atoms. The summed E-state index contributed by atoms with van der Waals surface area (Å²) < 4.78 is 0. The van der Waals surface area contributed by atoms with E-state index in [1.54, 1.807) is 0 Å². The van der Waals surface area contributed by atoms with Crippen molar-refractivity contribution >= 4 is 57.2 Å². The number of nitrogens with zero attached hydrogens (tertiary/aromatic N) is 2. The second-order valence-electron chi connectivity index (χ2n) is 21.6. The van der Waals surface area contributed by atoms with E-state index in [0.29, 0.717) is 0 Å². The van der Waals surface area contributed by atoms with E-state index in [1.807, 2.05) is 0 Å². The molecule has 2 nitrogen and oxygen atoms in total. The zero-order valence-corrected chi connectivity index (χ0v) is 38.2. The van der Waals surface area contributed by atoms with Gasteiger partial charge in [-0.25, -0.2) is 0 Å². The van der Waals surface area contributed by atoms with Gasteiger partial charge in [-0.2, -0.15) is 0 Å². The van der Waals surface area contributed by atoms with Crippen LogP contribution in [-0.2, 0) is 21.7 Å². The van der Waals surface area contributed by atoms with E-state index in [-0.39, 0.29) is 28.4 Å². The van der Waals surface area contributed by atoms with Crippen LogP contribution in [0, 0.1) is 6.92 Å². The minimum Gasteiger partial charge on any atom is -0.311 e. The van der Waals surface area contributed by atoms with E-state index >= 15 is 0 Å². The lowest BCUT2D eigenvalue weighted by Crippen LogP contribution is -2.62. The highest BCUT2D eigenvalue weighted by atomic mass is 15.2. The van der Waals surface area contributed by atoms with Gasteiger partial charge in [-0.3, -0.25) is 0 Å². The second-order valence-corrected chi connectivity index (χ2v) is 21.6. The Balaban J connectivity index is 1.23. The topological polar surface area (TPSA) is 6.48 Å². The minimum atomic E-state index is 0.0550. The summed E-state index contributed by atoms with van der Waals surface area (Å²) in [7, 11) is 0. The smallest absolute Gasteiger partial charge is 0.252 e. The first-order valence-corrected chi connectivity index (χ1v) is 23.1. The Morgan fingerprint density at radius 3 is 1.45 bits per heavy atom. The summed E-state index contributed by atoms with van der Waals surface area (Å²) in [6.45, 7) is 22.1. The quantitative estimate of drug-likeness (QED) is 0.164. The number of aryl methyl sites for hydroxylation is 1. The standard InChI is InChI=1S/C59H59BN2/c1-38-31-53-55-54(32-38)62(44-24-25-45-46(35-44)57(4,5)28-27-56(45,2)3)52-37-48-47(58(6,7)29-30-59(48,8)9)36-50(52)60(55)49-26-23-42(40-19-14-11-15-20-40)34-51(49)61(53)43-22-16-21-41(33-43)39-17-12-10-13-18-39/h10-26,31-37H,27-30H2,1-9H3. The van der Waals surface area contributed by atoms with Crippen molar-refractivity contribution in [2.24, 2.45) is 0 Å². The predicted molar refractivity (Wildman–Crippen MR) is 267 cm³/mol. The molecule has 0 spiro atoms. The number of anilines is 6. The maximum absolute atomic E-state index is 2.68. The molecular formula is C59H59BN2. The van der Waals surface area contributed by atoms with E-state index < -0.39 is 0 Å². The molecule has 0 atom stereocenters. The number of hydrogen-bond donors (Lipinski definition) is 0. The highest BCUT2D eigenvalue weighted by Gasteiger charge is 2.47. The summed E-state index contributed by atoms with van der Waals surface area (Å²) in [4.78, 5) is 5.26. The van der Waals surface area contributed by atoms with Gasteiger partial charge in [-0.1, -0.05) is 152 Å². The molecule has 7 aromatic carbocycles. The number of hydrogen-bond acceptors (Lipinski definition) is 2. The predicted octanol–water partition coefficient (Wildman–Crippen LogP) is 14.1. The van der Waals surface area contributed by atoms with Gasteiger partial charge < -0.3 is 9.80 Å². The number of rotatable bonds is 4. The van der Waals surface area contributed by atoms with Crippen LogP contribution < -0.4 is 26.2 Å². The van der Waals surface area contributed by atoms with Crippen LogP contribution in [0.3, 0.4) is 0 Å². The van der Waals surface area contributed by atoms with Crippen LogP contribution in [0.2, 0.25) is 0 Å². The summed E-state index contributed by atoms with van der Waals surface area (Å²) >= 11 is 0. The minimum absolute atomic E-state index is 0.0550. The molecule has 7 aromatic rings. The van der Waals surface area contributed by atoms with E-state index in [0.717, 1.165) is 0 Å². The molecule has 0 saturated heterocycles. The normalized spacial score (nSPS) is 18.2. The van der Waals surface area contributed by atoms with Crippen molar-refractivity contribution in [2.75, 3.05) is 9.80 Å². The summed E-state index contributed by atoms with van der Waals surface area (Å²) in [5.41, 5.74) is 24.3. The van der Waals surface area contributed by atoms with Crippen molar-refractivity contribution in [3.63, 3.8) is 0 Å². The molecule has 0 N–H and O–H groups in total. The third kappa shape index (κ3) is 5.98. The van der Waals surface area contributed by atoms with Crippen LogP contribution >= 0.6 is 0 Å². The van der Waals surface area contributed by atoms with Crippen molar-refractivity contribution in [1.29, 1.82) is 0 Å². The van der Waals surface area contributed by atoms with Gasteiger partial charge in [-0.05, 0) is 169 Å². The fourth-order valence-corrected chi connectivity index (χ4v) is 11.7. The van der Waals surface area contributed by atoms with Gasteiger partial charge in [0.15, 0.2) is 0 Å². The number of fused-ring (bicyclic) bond motifs is 6. The molecular weight excluding hydrogens is 747 g/mol. The van der Waals surface area contributed by atoms with Crippen LogP contribution in [0.15, 0.2) is 146 Å². The lowest BCUT2D eigenvalue weighted by molar-refractivity contribution is 0.332. The molecule has 2 aliphatic heterocycles. The molecule has 62 heavy (non-hydrogen) atoms. The molecule has 0 fully saturated rings. The fourth-order valence-electron chi connectivity index (χ4n) is 11.7. The van der Waals surface area contributed by atoms with Crippen LogP contribution in [0.25, 0.3) is 22.3 Å². The lowest BCUT2D eigenvalue weighted by atomic mass is 9.33. The maximum atomic E-state index is 2.68. The maximum Gasteiger partial charge on any atom is 0.252 e. The van der Waals surface area contributed by atoms with Crippen LogP contribution in [0.5, 0.6) is 0 Å². The van der Waals surface area contributed by atoms with Crippen molar-refractivity contribution in [3.8, 4) is 22.3 Å². The monoisotopic (exact) mass is 806 g/mol. The van der Waals surface area contributed by atoms with Gasteiger partial charge in [-0.15, -0.1) is 0 Å². The SMILES string of the molecule is Cc1cc2c3c(c1)N(c1ccc4c(c1)C(C)(C)CCC4(C)C)c1cc4c(cc1B3c1ccc(-c3ccccc3)cc1N2c1cccc(-c2ccccc2)c1)C(C)(C)CCC4(C)C. The summed E-state index contributed by atoms with van der Waals surface area (Å²) in [5, 5.41) is 0. The van der Waals surface area contributed by atoms with Gasteiger partial charge >= 0.3 is 0 Å². The Hall–Kier alpha value is -5.80. The Labute approximate surface area is 370 Å². The van der Waals surface area contributed by atoms with Crippen molar-refractivity contribution < 1.29 is 0 Å². The largest absolute Gasteiger partial charge is 0.311 e. The molecule has 0 radical (unpaired) electrons. The Morgan fingerprint density at radius 2 is 0.855 bits per heavy atom. The van der Waals surface area contributed by atoms with Crippen molar-refractivity contribution in [2.45, 2.75) is 110 Å². The average molecular weight is 807 g/mol. The van der Waals surface area contributed by atoms with Crippen molar-refractivity contribution in [3.05, 3.63) is 173 Å². The molecule has 3 heteroatoms. The first-order chi connectivity index (χ1) is 29.6. The molecule has 2 aliphatic carbocycles. The first kappa shape index (κ1) is 39.1. The van der Waals surface area contributed by atoms with Crippen LogP contribution in [0.1, 0.15) is 109 Å². The van der Waals surface area contributed by atoms with E-state index in [2.05, 4.69) is 218 Å². The Kier molecular flexibility index (Phi) is 8.57.